The average Bonchev–Trinajstić information content (AvgIpc) is 3.39. The van der Waals surface area contributed by atoms with Crippen molar-refractivity contribution in [3.63, 3.8) is 0 Å². The molecule has 3 atom stereocenters. The van der Waals surface area contributed by atoms with Gasteiger partial charge in [-0.3, -0.25) is 4.79 Å². The van der Waals surface area contributed by atoms with Gasteiger partial charge in [0.1, 0.15) is 11.7 Å². The zero-order chi connectivity index (χ0) is 28.9. The van der Waals surface area contributed by atoms with E-state index in [1.807, 2.05) is 0 Å². The maximum Gasteiger partial charge on any atom is 0.270 e. The highest BCUT2D eigenvalue weighted by Crippen LogP contribution is 2.70. The number of aromatic nitrogens is 3. The smallest absolute Gasteiger partial charge is 0.270 e. The Morgan fingerprint density at radius 1 is 1.35 bits per heavy atom. The molecule has 0 spiro atoms. The first-order chi connectivity index (χ1) is 18.9. The molecule has 9 nitrogen and oxygen atoms in total. The third-order valence-electron chi connectivity index (χ3n) is 7.22. The van der Waals surface area contributed by atoms with Crippen LogP contribution in [0.4, 0.5) is 0 Å². The molecule has 1 aromatic carbocycles. The quantitative estimate of drug-likeness (QED) is 0.0718. The van der Waals surface area contributed by atoms with Gasteiger partial charge in [-0.05, 0) is 30.7 Å². The van der Waals surface area contributed by atoms with E-state index in [1.54, 1.807) is 43.6 Å². The predicted octanol–water partition coefficient (Wildman–Crippen LogP) is 4.99. The molecule has 3 aromatic rings. The molecule has 40 heavy (non-hydrogen) atoms. The Bertz CT molecular complexity index is 1650. The summed E-state index contributed by atoms with van der Waals surface area (Å²) in [6.07, 6.45) is 4.98. The van der Waals surface area contributed by atoms with Gasteiger partial charge in [0, 0.05) is 50.7 Å². The lowest BCUT2D eigenvalue weighted by Gasteiger charge is -2.21. The molecule has 13 heteroatoms. The molecule has 0 amide bonds. The van der Waals surface area contributed by atoms with Crippen molar-refractivity contribution < 1.29 is 13.2 Å². The molecule has 2 aromatic heterocycles. The van der Waals surface area contributed by atoms with Gasteiger partial charge in [-0.15, -0.1) is 11.3 Å². The first kappa shape index (κ1) is 29.3. The van der Waals surface area contributed by atoms with Crippen molar-refractivity contribution in [3.8, 4) is 10.4 Å². The van der Waals surface area contributed by atoms with Crippen molar-refractivity contribution in [1.82, 2.24) is 20.1 Å². The van der Waals surface area contributed by atoms with Crippen LogP contribution in [-0.2, 0) is 25.0 Å². The molecule has 1 saturated carbocycles. The highest BCUT2D eigenvalue weighted by Gasteiger charge is 2.62. The number of alkyl halides is 1. The van der Waals surface area contributed by atoms with Crippen molar-refractivity contribution in [1.29, 1.82) is 5.41 Å². The van der Waals surface area contributed by atoms with E-state index in [2.05, 4.69) is 52.6 Å². The fourth-order valence-electron chi connectivity index (χ4n) is 4.91. The molecule has 0 aliphatic heterocycles. The van der Waals surface area contributed by atoms with Crippen molar-refractivity contribution in [2.45, 2.75) is 51.6 Å². The van der Waals surface area contributed by atoms with Crippen molar-refractivity contribution in [2.75, 3.05) is 13.3 Å². The van der Waals surface area contributed by atoms with Crippen molar-refractivity contribution in [3.05, 3.63) is 74.9 Å². The molecule has 2 heterocycles. The Hall–Kier alpha value is -2.20. The first-order valence-electron chi connectivity index (χ1n) is 13.0. The molecule has 0 saturated heterocycles. The Morgan fingerprint density at radius 3 is 2.75 bits per heavy atom. The van der Waals surface area contributed by atoms with E-state index in [1.165, 1.54) is 22.1 Å². The Kier molecular flexibility index (Phi) is 7.98. The second kappa shape index (κ2) is 10.9. The summed E-state index contributed by atoms with van der Waals surface area (Å²) in [5, 5.41) is 14.4. The minimum Gasteiger partial charge on any atom is -0.365 e. The lowest BCUT2D eigenvalue weighted by atomic mass is 9.96. The number of thiazole rings is 1. The van der Waals surface area contributed by atoms with E-state index in [4.69, 9.17) is 15.1 Å². The zero-order valence-electron chi connectivity index (χ0n) is 22.8. The third-order valence-corrected chi connectivity index (χ3v) is 14.0. The van der Waals surface area contributed by atoms with Gasteiger partial charge in [0.05, 0.1) is 25.1 Å². The number of halogens is 1. The van der Waals surface area contributed by atoms with Crippen LogP contribution in [0.3, 0.4) is 0 Å². The van der Waals surface area contributed by atoms with E-state index in [-0.39, 0.29) is 26.5 Å². The Morgan fingerprint density at radius 2 is 2.08 bits per heavy atom. The maximum absolute atomic E-state index is 14.2. The number of aryl methyl sites for hydroxylation is 1. The van der Waals surface area contributed by atoms with Crippen LogP contribution in [0.5, 0.6) is 0 Å². The molecular formula is C27H32IN5O4S2Si. The maximum atomic E-state index is 14.2. The van der Waals surface area contributed by atoms with Gasteiger partial charge in [0.2, 0.25) is 0 Å². The lowest BCUT2D eigenvalue weighted by Crippen LogP contribution is -2.29. The third kappa shape index (κ3) is 5.38. The minimum absolute atomic E-state index is 0.0194. The number of sulfone groups is 1. The summed E-state index contributed by atoms with van der Waals surface area (Å²) in [5.74, 6) is 0.0194. The number of nitrogens with zero attached hydrogens (tertiary/aromatic N) is 3. The molecular weight excluding hydrogens is 677 g/mol. The number of hydrogen-bond acceptors (Lipinski definition) is 9. The summed E-state index contributed by atoms with van der Waals surface area (Å²) >= 11 is 3.64. The van der Waals surface area contributed by atoms with Crippen molar-refractivity contribution >= 4 is 58.1 Å². The number of hydrogen-bond donors (Lipinski definition) is 2. The summed E-state index contributed by atoms with van der Waals surface area (Å²) in [6.45, 7) is 7.48. The highest BCUT2D eigenvalue weighted by molar-refractivity contribution is 14.1. The van der Waals surface area contributed by atoms with E-state index in [9.17, 15) is 13.2 Å². The van der Waals surface area contributed by atoms with E-state index in [0.717, 1.165) is 40.4 Å². The summed E-state index contributed by atoms with van der Waals surface area (Å²) in [5.41, 5.74) is 2.44. The predicted molar refractivity (Wildman–Crippen MR) is 169 cm³/mol. The molecule has 3 unspecified atom stereocenters. The number of rotatable bonds is 11. The fourth-order valence-corrected chi connectivity index (χ4v) is 10.3. The summed E-state index contributed by atoms with van der Waals surface area (Å²) < 4.78 is 35.2. The zero-order valence-corrected chi connectivity index (χ0v) is 27.6. The normalized spacial score (nSPS) is 20.7. The molecule has 5 rings (SSSR count). The first-order valence-corrected chi connectivity index (χ1v) is 20.1. The number of nitrogens with one attached hydrogen (secondary N) is 2. The largest absolute Gasteiger partial charge is 0.365 e. The van der Waals surface area contributed by atoms with Crippen LogP contribution in [0.1, 0.15) is 33.9 Å². The van der Waals surface area contributed by atoms with Crippen LogP contribution in [0.2, 0.25) is 25.7 Å². The molecule has 2 N–H and O–H groups in total. The van der Waals surface area contributed by atoms with Gasteiger partial charge >= 0.3 is 0 Å². The number of fused-ring (bicyclic) bond motifs is 6. The summed E-state index contributed by atoms with van der Waals surface area (Å²) in [4.78, 5) is 19.0. The minimum atomic E-state index is -3.98. The second-order valence-electron chi connectivity index (χ2n) is 11.3. The topological polar surface area (TPSA) is 127 Å². The summed E-state index contributed by atoms with van der Waals surface area (Å²) in [6, 6.07) is 9.28. The number of ether oxygens (including phenoxy) is 1. The lowest BCUT2D eigenvalue weighted by molar-refractivity contribution is 0.134. The van der Waals surface area contributed by atoms with Crippen LogP contribution in [-0.4, -0.2) is 50.8 Å². The van der Waals surface area contributed by atoms with E-state index in [0.29, 0.717) is 17.3 Å². The number of allylic oxidation sites excluding steroid dienone is 1. The van der Waals surface area contributed by atoms with Crippen LogP contribution >= 0.6 is 33.9 Å². The van der Waals surface area contributed by atoms with E-state index >= 15 is 0 Å². The molecule has 1 fully saturated rings. The average molecular weight is 710 g/mol. The van der Waals surface area contributed by atoms with Crippen LogP contribution < -0.4 is 10.9 Å². The number of benzene rings is 1. The van der Waals surface area contributed by atoms with Gasteiger partial charge in [0.15, 0.2) is 15.1 Å². The molecule has 2 aliphatic rings. The van der Waals surface area contributed by atoms with Gasteiger partial charge in [-0.1, -0.05) is 60.4 Å². The Balaban J connectivity index is 1.59. The van der Waals surface area contributed by atoms with Crippen LogP contribution in [0.25, 0.3) is 10.4 Å². The van der Waals surface area contributed by atoms with E-state index < -0.39 is 23.2 Å². The molecule has 212 valence electrons. The summed E-state index contributed by atoms with van der Waals surface area (Å²) in [7, 11) is -3.62. The molecule has 2 aliphatic carbocycles. The van der Waals surface area contributed by atoms with Crippen molar-refractivity contribution in [2.24, 2.45) is 7.05 Å². The van der Waals surface area contributed by atoms with Gasteiger partial charge in [0.25, 0.3) is 5.56 Å². The Labute approximate surface area is 252 Å². The monoisotopic (exact) mass is 709 g/mol. The van der Waals surface area contributed by atoms with Crippen LogP contribution in [0.15, 0.2) is 58.0 Å². The second-order valence-corrected chi connectivity index (χ2v) is 21.9. The molecule has 0 bridgehead atoms. The fraction of sp³-hybridized carbons (Fsp3) is 0.407. The SMILES string of the molecule is Cn1ncc2c(c1=O)C1CC1(I)c1nc(C(/C(=C/C=N)NCOCC[Si](C)(C)C)S(=O)(=O)c3ccccc3)sc1-2. The standard InChI is InChI=1S/C27H32IN5O4S2Si/c1-33-26(34)21-18(15-31-33)22-24(27(28)14-19(21)27)32-25(38-22)23(39(35,36)17-8-6-5-7-9-17)20(10-11-29)30-16-37-12-13-40(2,3)4/h5-11,15,19,23,29-30H,12-14,16H2,1-4H3/b20-10-,29-11?. The molecule has 0 radical (unpaired) electrons. The highest BCUT2D eigenvalue weighted by atomic mass is 127. The van der Waals surface area contributed by atoms with Gasteiger partial charge < -0.3 is 15.5 Å². The van der Waals surface area contributed by atoms with Crippen LogP contribution in [0, 0.1) is 5.41 Å². The van der Waals surface area contributed by atoms with Gasteiger partial charge in [-0.2, -0.15) is 5.10 Å². The van der Waals surface area contributed by atoms with Gasteiger partial charge in [-0.25, -0.2) is 18.1 Å².